The second kappa shape index (κ2) is 5.76. The first-order chi connectivity index (χ1) is 11.6. The monoisotopic (exact) mass is 343 g/mol. The van der Waals surface area contributed by atoms with E-state index in [0.29, 0.717) is 24.4 Å². The molecule has 2 aromatic rings. The maximum absolute atomic E-state index is 13.0. The van der Waals surface area contributed by atoms with Gasteiger partial charge in [-0.25, -0.2) is 9.18 Å². The van der Waals surface area contributed by atoms with Crippen molar-refractivity contribution < 1.29 is 14.0 Å². The van der Waals surface area contributed by atoms with Gasteiger partial charge in [0.25, 0.3) is 5.91 Å². The van der Waals surface area contributed by atoms with Crippen molar-refractivity contribution in [3.63, 3.8) is 0 Å². The highest BCUT2D eigenvalue weighted by atomic mass is 32.1. The van der Waals surface area contributed by atoms with Crippen LogP contribution in [0.4, 0.5) is 9.18 Å². The quantitative estimate of drug-likeness (QED) is 0.900. The van der Waals surface area contributed by atoms with Crippen molar-refractivity contribution >= 4 is 23.3 Å². The molecular weight excluding hydrogens is 329 g/mol. The number of amides is 3. The van der Waals surface area contributed by atoms with E-state index < -0.39 is 6.04 Å². The summed E-state index contributed by atoms with van der Waals surface area (Å²) < 4.78 is 13.0. The lowest BCUT2D eigenvalue weighted by Crippen LogP contribution is -2.44. The van der Waals surface area contributed by atoms with Crippen molar-refractivity contribution in [2.75, 3.05) is 6.54 Å². The summed E-state index contributed by atoms with van der Waals surface area (Å²) in [6, 6.07) is 9.15. The molecule has 4 rings (SSSR count). The summed E-state index contributed by atoms with van der Waals surface area (Å²) in [7, 11) is 0. The van der Waals surface area contributed by atoms with E-state index in [9.17, 15) is 14.0 Å². The minimum Gasteiger partial charge on any atom is -0.329 e. The van der Waals surface area contributed by atoms with Crippen molar-refractivity contribution in [3.05, 3.63) is 69.3 Å². The summed E-state index contributed by atoms with van der Waals surface area (Å²) >= 11 is 1.50. The van der Waals surface area contributed by atoms with Crippen LogP contribution in [-0.4, -0.2) is 23.4 Å². The van der Waals surface area contributed by atoms with Gasteiger partial charge in [0.05, 0.1) is 23.9 Å². The number of hydrogen-bond acceptors (Lipinski definition) is 3. The lowest BCUT2D eigenvalue weighted by atomic mass is 10.0. The molecule has 3 heterocycles. The number of hydrogen-bond donors (Lipinski definition) is 2. The maximum Gasteiger partial charge on any atom is 0.319 e. The number of rotatable bonds is 3. The summed E-state index contributed by atoms with van der Waals surface area (Å²) in [5.74, 6) is -0.418. The zero-order chi connectivity index (χ0) is 16.7. The fourth-order valence-electron chi connectivity index (χ4n) is 3.04. The molecule has 0 fully saturated rings. The van der Waals surface area contributed by atoms with Crippen LogP contribution < -0.4 is 10.6 Å². The zero-order valence-electron chi connectivity index (χ0n) is 12.6. The third-order valence-corrected chi connectivity index (χ3v) is 5.07. The molecule has 0 saturated carbocycles. The van der Waals surface area contributed by atoms with Crippen LogP contribution in [0.5, 0.6) is 0 Å². The highest BCUT2D eigenvalue weighted by Crippen LogP contribution is 2.34. The highest BCUT2D eigenvalue weighted by molar-refractivity contribution is 7.10. The Labute approximate surface area is 141 Å². The third-order valence-electron chi connectivity index (χ3n) is 4.13. The molecule has 1 unspecified atom stereocenters. The molecule has 2 aliphatic heterocycles. The average molecular weight is 343 g/mol. The second-order valence-electron chi connectivity index (χ2n) is 5.73. The first kappa shape index (κ1) is 14.9. The molecule has 0 radical (unpaired) electrons. The summed E-state index contributed by atoms with van der Waals surface area (Å²) in [4.78, 5) is 27.3. The van der Waals surface area contributed by atoms with Gasteiger partial charge in [-0.3, -0.25) is 4.79 Å². The van der Waals surface area contributed by atoms with Crippen LogP contribution in [0.15, 0.2) is 53.0 Å². The van der Waals surface area contributed by atoms with Crippen molar-refractivity contribution in [3.8, 4) is 0 Å². The minimum atomic E-state index is -0.417. The Kier molecular flexibility index (Phi) is 3.57. The van der Waals surface area contributed by atoms with Crippen molar-refractivity contribution in [2.45, 2.75) is 12.6 Å². The first-order valence-electron chi connectivity index (χ1n) is 7.49. The van der Waals surface area contributed by atoms with Crippen molar-refractivity contribution in [1.82, 2.24) is 15.5 Å². The van der Waals surface area contributed by atoms with Gasteiger partial charge in [-0.15, -0.1) is 11.3 Å². The summed E-state index contributed by atoms with van der Waals surface area (Å²) in [5.41, 5.74) is 2.07. The van der Waals surface area contributed by atoms with E-state index in [1.807, 2.05) is 17.5 Å². The maximum atomic E-state index is 13.0. The molecule has 1 aromatic heterocycles. The number of thiophene rings is 1. The van der Waals surface area contributed by atoms with Gasteiger partial charge in [-0.05, 0) is 29.1 Å². The third kappa shape index (κ3) is 2.56. The Hall–Kier alpha value is -2.67. The Bertz CT molecular complexity index is 830. The van der Waals surface area contributed by atoms with Gasteiger partial charge in [0.15, 0.2) is 0 Å². The normalized spacial score (nSPS) is 20.0. The van der Waals surface area contributed by atoms with Gasteiger partial charge < -0.3 is 15.5 Å². The van der Waals surface area contributed by atoms with Crippen LogP contribution in [0, 0.1) is 5.82 Å². The fraction of sp³-hybridized carbons (Fsp3) is 0.176. The molecule has 24 heavy (non-hydrogen) atoms. The largest absolute Gasteiger partial charge is 0.329 e. The number of halogens is 1. The van der Waals surface area contributed by atoms with E-state index in [-0.39, 0.29) is 17.8 Å². The van der Waals surface area contributed by atoms with Crippen molar-refractivity contribution in [2.24, 2.45) is 0 Å². The molecule has 0 saturated heterocycles. The number of benzene rings is 1. The Morgan fingerprint density at radius 1 is 1.21 bits per heavy atom. The molecule has 0 spiro atoms. The summed E-state index contributed by atoms with van der Waals surface area (Å²) in [5, 5.41) is 7.47. The first-order valence-corrected chi connectivity index (χ1v) is 8.37. The molecule has 1 atom stereocenters. The van der Waals surface area contributed by atoms with Gasteiger partial charge in [0, 0.05) is 11.4 Å². The van der Waals surface area contributed by atoms with Crippen LogP contribution in [-0.2, 0) is 11.3 Å². The van der Waals surface area contributed by atoms with E-state index in [0.717, 1.165) is 10.4 Å². The average Bonchev–Trinajstić information content (AvgIpc) is 3.18. The van der Waals surface area contributed by atoms with Gasteiger partial charge in [-0.2, -0.15) is 0 Å². The molecule has 122 valence electrons. The molecular formula is C17H14FN3O2S. The molecule has 3 amide bonds. The van der Waals surface area contributed by atoms with Crippen molar-refractivity contribution in [1.29, 1.82) is 0 Å². The lowest BCUT2D eigenvalue weighted by molar-refractivity contribution is -0.126. The van der Waals surface area contributed by atoms with Gasteiger partial charge in [-0.1, -0.05) is 18.2 Å². The highest BCUT2D eigenvalue weighted by Gasteiger charge is 2.40. The van der Waals surface area contributed by atoms with Gasteiger partial charge >= 0.3 is 6.03 Å². The predicted molar refractivity (Wildman–Crippen MR) is 87.6 cm³/mol. The van der Waals surface area contributed by atoms with Crippen LogP contribution >= 0.6 is 11.3 Å². The molecule has 0 bridgehead atoms. The Morgan fingerprint density at radius 3 is 2.71 bits per heavy atom. The van der Waals surface area contributed by atoms with E-state index in [1.54, 1.807) is 17.0 Å². The Morgan fingerprint density at radius 2 is 2.00 bits per heavy atom. The molecule has 1 aromatic carbocycles. The topological polar surface area (TPSA) is 61.4 Å². The number of carbonyl (C=O) groups excluding carboxylic acids is 2. The smallest absolute Gasteiger partial charge is 0.319 e. The molecule has 7 heteroatoms. The SMILES string of the molecule is O=C1NC2=C(C(=O)N(Cc3ccc(F)cc3)C2)C(c2cccs2)N1. The van der Waals surface area contributed by atoms with E-state index in [4.69, 9.17) is 0 Å². The van der Waals surface area contributed by atoms with E-state index in [1.165, 1.54) is 23.5 Å². The summed E-state index contributed by atoms with van der Waals surface area (Å²) in [6.45, 7) is 0.722. The zero-order valence-corrected chi connectivity index (χ0v) is 13.4. The number of nitrogens with zero attached hydrogens (tertiary/aromatic N) is 1. The van der Waals surface area contributed by atoms with Gasteiger partial charge in [0.2, 0.25) is 0 Å². The lowest BCUT2D eigenvalue weighted by Gasteiger charge is -2.24. The van der Waals surface area contributed by atoms with Crippen LogP contribution in [0.3, 0.4) is 0 Å². The molecule has 2 aliphatic rings. The van der Waals surface area contributed by atoms with E-state index >= 15 is 0 Å². The minimum absolute atomic E-state index is 0.111. The fourth-order valence-corrected chi connectivity index (χ4v) is 3.82. The molecule has 0 aliphatic carbocycles. The summed E-state index contributed by atoms with van der Waals surface area (Å²) in [6.07, 6.45) is 0. The number of carbonyl (C=O) groups is 2. The Balaban J connectivity index is 1.60. The van der Waals surface area contributed by atoms with E-state index in [2.05, 4.69) is 10.6 Å². The number of nitrogens with one attached hydrogen (secondary N) is 2. The van der Waals surface area contributed by atoms with Crippen LogP contribution in [0.2, 0.25) is 0 Å². The van der Waals surface area contributed by atoms with Gasteiger partial charge in [0.1, 0.15) is 5.82 Å². The predicted octanol–water partition coefficient (Wildman–Crippen LogP) is 2.54. The molecule has 5 nitrogen and oxygen atoms in total. The second-order valence-corrected chi connectivity index (χ2v) is 6.71. The standard InChI is InChI=1S/C17H14FN3O2S/c18-11-5-3-10(4-6-11)8-21-9-12-14(16(21)22)15(20-17(23)19-12)13-2-1-7-24-13/h1-7,15H,8-9H2,(H2,19,20,23). The number of urea groups is 1. The molecule has 2 N–H and O–H groups in total. The van der Waals surface area contributed by atoms with Crippen LogP contribution in [0.25, 0.3) is 0 Å². The van der Waals surface area contributed by atoms with Crippen LogP contribution in [0.1, 0.15) is 16.5 Å².